The van der Waals surface area contributed by atoms with E-state index in [1.165, 1.54) is 33.6 Å². The minimum Gasteiger partial charge on any atom is -0.311 e. The molecule has 0 fully saturated rings. The van der Waals surface area contributed by atoms with Gasteiger partial charge in [-0.05, 0) is 110 Å². The number of rotatable bonds is 7. The van der Waals surface area contributed by atoms with Gasteiger partial charge in [-0.1, -0.05) is 36.4 Å². The predicted molar refractivity (Wildman–Crippen MR) is 156 cm³/mol. The van der Waals surface area contributed by atoms with Crippen molar-refractivity contribution in [3.8, 4) is 32.7 Å². The van der Waals surface area contributed by atoms with Crippen molar-refractivity contribution in [2.24, 2.45) is 0 Å². The van der Waals surface area contributed by atoms with Crippen LogP contribution < -0.4 is 4.90 Å². The summed E-state index contributed by atoms with van der Waals surface area (Å²) in [6.45, 7) is 0. The highest BCUT2D eigenvalue weighted by Crippen LogP contribution is 2.38. The van der Waals surface area contributed by atoms with E-state index < -0.39 is 0 Å². The van der Waals surface area contributed by atoms with Gasteiger partial charge in [0, 0.05) is 21.9 Å². The molecule has 0 spiro atoms. The van der Waals surface area contributed by atoms with Crippen LogP contribution in [0.1, 0.15) is 9.67 Å². The van der Waals surface area contributed by atoms with Gasteiger partial charge in [-0.3, -0.25) is 4.79 Å². The van der Waals surface area contributed by atoms with Crippen LogP contribution >= 0.6 is 34.0 Å². The molecule has 0 bridgehead atoms. The fourth-order valence-corrected chi connectivity index (χ4v) is 6.41. The molecule has 0 radical (unpaired) electrons. The van der Waals surface area contributed by atoms with E-state index >= 15 is 0 Å². The molecule has 0 aliphatic rings. The van der Waals surface area contributed by atoms with Crippen molar-refractivity contribution in [2.45, 2.75) is 0 Å². The number of thiophene rings is 3. The third-order valence-electron chi connectivity index (χ3n) is 6.11. The number of hydrogen-bond acceptors (Lipinski definition) is 5. The Balaban J connectivity index is 1.38. The molecule has 0 unspecified atom stereocenters. The Morgan fingerprint density at radius 1 is 0.500 bits per heavy atom. The van der Waals surface area contributed by atoms with Gasteiger partial charge in [0.25, 0.3) is 0 Å². The second kappa shape index (κ2) is 10.1. The molecule has 6 aromatic rings. The van der Waals surface area contributed by atoms with Gasteiger partial charge in [0.05, 0.1) is 4.88 Å². The largest absolute Gasteiger partial charge is 0.311 e. The molecule has 3 aromatic heterocycles. The summed E-state index contributed by atoms with van der Waals surface area (Å²) in [5.41, 5.74) is 9.31. The molecule has 5 heteroatoms. The Bertz CT molecular complexity index is 1480. The fourth-order valence-electron chi connectivity index (χ4n) is 4.26. The zero-order chi connectivity index (χ0) is 24.3. The minimum atomic E-state index is 0.743. The Hall–Kier alpha value is -3.77. The van der Waals surface area contributed by atoms with Gasteiger partial charge in [-0.25, -0.2) is 0 Å². The van der Waals surface area contributed by atoms with Crippen molar-refractivity contribution in [3.05, 3.63) is 123 Å². The van der Waals surface area contributed by atoms with Crippen molar-refractivity contribution in [1.29, 1.82) is 0 Å². The maximum absolute atomic E-state index is 11.1. The molecular formula is C31H21NOS3. The van der Waals surface area contributed by atoms with Crippen LogP contribution in [0.5, 0.6) is 0 Å². The monoisotopic (exact) mass is 519 g/mol. The number of hydrogen-bond donors (Lipinski definition) is 0. The first-order valence-corrected chi connectivity index (χ1v) is 14.2. The maximum Gasteiger partial charge on any atom is 0.160 e. The van der Waals surface area contributed by atoms with Gasteiger partial charge in [0.15, 0.2) is 6.29 Å². The Kier molecular flexibility index (Phi) is 6.35. The fraction of sp³-hybridized carbons (Fsp3) is 0. The molecule has 3 aromatic carbocycles. The quantitative estimate of drug-likeness (QED) is 0.196. The van der Waals surface area contributed by atoms with Crippen LogP contribution in [-0.2, 0) is 0 Å². The van der Waals surface area contributed by atoms with Gasteiger partial charge in [-0.15, -0.1) is 11.3 Å². The highest BCUT2D eigenvalue weighted by molar-refractivity contribution is 7.17. The Morgan fingerprint density at radius 3 is 1.36 bits per heavy atom. The summed E-state index contributed by atoms with van der Waals surface area (Å²) < 4.78 is 0. The van der Waals surface area contributed by atoms with Crippen LogP contribution in [-0.4, -0.2) is 6.29 Å². The first-order valence-electron chi connectivity index (χ1n) is 11.5. The molecule has 6 rings (SSSR count). The van der Waals surface area contributed by atoms with Gasteiger partial charge < -0.3 is 4.90 Å². The normalized spacial score (nSPS) is 10.9. The number of aldehydes is 1. The van der Waals surface area contributed by atoms with E-state index in [0.717, 1.165) is 38.7 Å². The van der Waals surface area contributed by atoms with E-state index in [2.05, 4.69) is 111 Å². The summed E-state index contributed by atoms with van der Waals surface area (Å²) in [7, 11) is 0. The zero-order valence-electron chi connectivity index (χ0n) is 19.2. The van der Waals surface area contributed by atoms with E-state index in [4.69, 9.17) is 0 Å². The molecule has 0 aliphatic carbocycles. The highest BCUT2D eigenvalue weighted by Gasteiger charge is 2.14. The van der Waals surface area contributed by atoms with Gasteiger partial charge in [0.1, 0.15) is 0 Å². The number of benzene rings is 3. The summed E-state index contributed by atoms with van der Waals surface area (Å²) in [4.78, 5) is 15.2. The lowest BCUT2D eigenvalue weighted by Crippen LogP contribution is -2.09. The van der Waals surface area contributed by atoms with E-state index in [1.54, 1.807) is 22.7 Å². The number of carbonyl (C=O) groups excluding carboxylic acids is 1. The van der Waals surface area contributed by atoms with Gasteiger partial charge >= 0.3 is 0 Å². The molecule has 0 atom stereocenters. The molecule has 3 heterocycles. The molecule has 0 amide bonds. The molecule has 174 valence electrons. The van der Waals surface area contributed by atoms with Crippen LogP contribution in [0.3, 0.4) is 0 Å². The first kappa shape index (κ1) is 22.7. The van der Waals surface area contributed by atoms with E-state index in [9.17, 15) is 4.79 Å². The van der Waals surface area contributed by atoms with Crippen molar-refractivity contribution >= 4 is 57.4 Å². The average Bonchev–Trinajstić information content (AvgIpc) is 3.73. The third-order valence-corrected chi connectivity index (χ3v) is 8.54. The van der Waals surface area contributed by atoms with Crippen molar-refractivity contribution in [2.75, 3.05) is 4.90 Å². The lowest BCUT2D eigenvalue weighted by atomic mass is 10.1. The number of nitrogens with zero attached hydrogens (tertiary/aromatic N) is 1. The van der Waals surface area contributed by atoms with Crippen molar-refractivity contribution < 1.29 is 4.79 Å². The molecule has 2 nitrogen and oxygen atoms in total. The number of carbonyl (C=O) groups is 1. The lowest BCUT2D eigenvalue weighted by Gasteiger charge is -2.26. The first-order chi connectivity index (χ1) is 17.8. The minimum absolute atomic E-state index is 0.743. The topological polar surface area (TPSA) is 20.3 Å². The van der Waals surface area contributed by atoms with Gasteiger partial charge in [0.2, 0.25) is 0 Å². The second-order valence-electron chi connectivity index (χ2n) is 8.32. The molecular weight excluding hydrogens is 499 g/mol. The number of anilines is 3. The van der Waals surface area contributed by atoms with Crippen LogP contribution in [0, 0.1) is 0 Å². The van der Waals surface area contributed by atoms with Crippen LogP contribution in [0.25, 0.3) is 32.7 Å². The van der Waals surface area contributed by atoms with Crippen LogP contribution in [0.15, 0.2) is 119 Å². The predicted octanol–water partition coefficient (Wildman–Crippen LogP) is 10.2. The molecule has 36 heavy (non-hydrogen) atoms. The summed E-state index contributed by atoms with van der Waals surface area (Å²) in [5.74, 6) is 0. The zero-order valence-corrected chi connectivity index (χ0v) is 21.7. The Labute approximate surface area is 222 Å². The van der Waals surface area contributed by atoms with E-state index in [-0.39, 0.29) is 0 Å². The SMILES string of the molecule is O=Cc1ccc(-c2ccc(N(c3ccc(-c4ccsc4)cc3)c3ccc(-c4ccsc4)cc3)cc2)s1. The summed E-state index contributed by atoms with van der Waals surface area (Å²) >= 11 is 4.94. The lowest BCUT2D eigenvalue weighted by molar-refractivity contribution is 0.112. The van der Waals surface area contributed by atoms with Crippen molar-refractivity contribution in [3.63, 3.8) is 0 Å². The second-order valence-corrected chi connectivity index (χ2v) is 11.0. The molecule has 0 saturated heterocycles. The molecule has 0 saturated carbocycles. The van der Waals surface area contributed by atoms with Crippen LogP contribution in [0.4, 0.5) is 17.1 Å². The van der Waals surface area contributed by atoms with Crippen molar-refractivity contribution in [1.82, 2.24) is 0 Å². The summed E-state index contributed by atoms with van der Waals surface area (Å²) in [5, 5.41) is 8.57. The standard InChI is InChI=1S/C31H21NOS3/c33-19-30-13-14-31(36-30)24-5-11-29(12-6-24)32(27-7-1-22(2-8-27)25-15-17-34-20-25)28-9-3-23(4-10-28)26-16-18-35-21-26/h1-21H. The maximum atomic E-state index is 11.1. The summed E-state index contributed by atoms with van der Waals surface area (Å²) in [6, 6.07) is 34.2. The van der Waals surface area contributed by atoms with E-state index in [0.29, 0.717) is 0 Å². The van der Waals surface area contributed by atoms with E-state index in [1.807, 2.05) is 12.1 Å². The third kappa shape index (κ3) is 4.56. The van der Waals surface area contributed by atoms with Gasteiger partial charge in [-0.2, -0.15) is 22.7 Å². The molecule has 0 aliphatic heterocycles. The molecule has 0 N–H and O–H groups in total. The van der Waals surface area contributed by atoms with Crippen LogP contribution in [0.2, 0.25) is 0 Å². The highest BCUT2D eigenvalue weighted by atomic mass is 32.1. The average molecular weight is 520 g/mol. The smallest absolute Gasteiger partial charge is 0.160 e. The summed E-state index contributed by atoms with van der Waals surface area (Å²) in [6.07, 6.45) is 0.907. The Morgan fingerprint density at radius 2 is 0.972 bits per heavy atom.